The highest BCUT2D eigenvalue weighted by atomic mass is 16.5. The number of hydrogen-bond acceptors (Lipinski definition) is 3. The van der Waals surface area contributed by atoms with E-state index in [0.717, 1.165) is 23.1 Å². The highest BCUT2D eigenvalue weighted by molar-refractivity contribution is 5.85. The number of H-pyrrole nitrogens is 1. The van der Waals surface area contributed by atoms with Gasteiger partial charge in [-0.25, -0.2) is 0 Å². The summed E-state index contributed by atoms with van der Waals surface area (Å²) < 4.78 is 5.73. The molecule has 0 amide bonds. The van der Waals surface area contributed by atoms with Crippen molar-refractivity contribution in [1.82, 2.24) is 10.3 Å². The quantitative estimate of drug-likeness (QED) is 0.728. The fourth-order valence-electron chi connectivity index (χ4n) is 1.95. The molecule has 0 bridgehead atoms. The molecule has 1 heterocycles. The molecule has 0 saturated carbocycles. The minimum absolute atomic E-state index is 0.0433. The standard InChI is InChI=1S/C16H24N2O2/c1-4-16(2,3)18-10-12(19)11-20-15-7-5-6-14-13(15)8-9-17-14/h5-9,12,17-19H,4,10-11H2,1-3H3. The number of rotatable bonds is 7. The molecule has 0 radical (unpaired) electrons. The van der Waals surface area contributed by atoms with Crippen molar-refractivity contribution in [3.05, 3.63) is 30.5 Å². The number of aliphatic hydroxyl groups is 1. The van der Waals surface area contributed by atoms with Gasteiger partial charge < -0.3 is 20.1 Å². The van der Waals surface area contributed by atoms with Crippen molar-refractivity contribution in [3.63, 3.8) is 0 Å². The fourth-order valence-corrected chi connectivity index (χ4v) is 1.95. The Bertz CT molecular complexity index is 548. The number of aliphatic hydroxyl groups excluding tert-OH is 1. The van der Waals surface area contributed by atoms with Crippen molar-refractivity contribution in [2.45, 2.75) is 38.8 Å². The Balaban J connectivity index is 1.87. The van der Waals surface area contributed by atoms with Crippen LogP contribution in [0.25, 0.3) is 10.9 Å². The van der Waals surface area contributed by atoms with Gasteiger partial charge in [0.2, 0.25) is 0 Å². The smallest absolute Gasteiger partial charge is 0.128 e. The molecule has 1 atom stereocenters. The molecule has 0 fully saturated rings. The van der Waals surface area contributed by atoms with Gasteiger partial charge >= 0.3 is 0 Å². The van der Waals surface area contributed by atoms with Gasteiger partial charge in [0.25, 0.3) is 0 Å². The van der Waals surface area contributed by atoms with E-state index in [1.54, 1.807) is 0 Å². The molecule has 0 saturated heterocycles. The number of aromatic amines is 1. The maximum absolute atomic E-state index is 10.00. The lowest BCUT2D eigenvalue weighted by Gasteiger charge is -2.26. The summed E-state index contributed by atoms with van der Waals surface area (Å²) in [5.41, 5.74) is 1.09. The Morgan fingerprint density at radius 1 is 1.35 bits per heavy atom. The van der Waals surface area contributed by atoms with E-state index in [9.17, 15) is 5.11 Å². The number of nitrogens with one attached hydrogen (secondary N) is 2. The maximum Gasteiger partial charge on any atom is 0.128 e. The predicted octanol–water partition coefficient (Wildman–Crippen LogP) is 2.69. The lowest BCUT2D eigenvalue weighted by Crippen LogP contribution is -2.44. The van der Waals surface area contributed by atoms with Crippen LogP contribution in [0.2, 0.25) is 0 Å². The first kappa shape index (κ1) is 14.9. The van der Waals surface area contributed by atoms with E-state index in [-0.39, 0.29) is 12.1 Å². The summed E-state index contributed by atoms with van der Waals surface area (Å²) in [5, 5.41) is 14.4. The normalized spacial score (nSPS) is 13.6. The lowest BCUT2D eigenvalue weighted by molar-refractivity contribution is 0.0993. The van der Waals surface area contributed by atoms with Crippen LogP contribution in [0.1, 0.15) is 27.2 Å². The number of hydrogen-bond donors (Lipinski definition) is 3. The molecule has 4 heteroatoms. The fraction of sp³-hybridized carbons (Fsp3) is 0.500. The average Bonchev–Trinajstić information content (AvgIpc) is 2.92. The van der Waals surface area contributed by atoms with Gasteiger partial charge in [-0.05, 0) is 38.5 Å². The summed E-state index contributed by atoms with van der Waals surface area (Å²) in [6.45, 7) is 7.20. The van der Waals surface area contributed by atoms with Crippen molar-refractivity contribution >= 4 is 10.9 Å². The molecule has 1 unspecified atom stereocenters. The summed E-state index contributed by atoms with van der Waals surface area (Å²) >= 11 is 0. The van der Waals surface area contributed by atoms with Crippen molar-refractivity contribution in [1.29, 1.82) is 0 Å². The van der Waals surface area contributed by atoms with Gasteiger partial charge in [0.1, 0.15) is 18.5 Å². The third kappa shape index (κ3) is 3.74. The van der Waals surface area contributed by atoms with Crippen LogP contribution in [-0.4, -0.2) is 34.9 Å². The molecular formula is C16H24N2O2. The Morgan fingerprint density at radius 3 is 2.90 bits per heavy atom. The van der Waals surface area contributed by atoms with Gasteiger partial charge in [0.05, 0.1) is 0 Å². The molecule has 2 aromatic rings. The van der Waals surface area contributed by atoms with E-state index in [1.165, 1.54) is 0 Å². The molecular weight excluding hydrogens is 252 g/mol. The zero-order valence-corrected chi connectivity index (χ0v) is 12.4. The van der Waals surface area contributed by atoms with E-state index in [1.807, 2.05) is 30.5 Å². The predicted molar refractivity (Wildman–Crippen MR) is 82.2 cm³/mol. The number of fused-ring (bicyclic) bond motifs is 1. The average molecular weight is 276 g/mol. The summed E-state index contributed by atoms with van der Waals surface area (Å²) in [6.07, 6.45) is 2.39. The largest absolute Gasteiger partial charge is 0.490 e. The number of aromatic nitrogens is 1. The number of ether oxygens (including phenoxy) is 1. The molecule has 4 nitrogen and oxygen atoms in total. The van der Waals surface area contributed by atoms with Crippen LogP contribution in [0.4, 0.5) is 0 Å². The van der Waals surface area contributed by atoms with Crippen molar-refractivity contribution in [2.24, 2.45) is 0 Å². The summed E-state index contributed by atoms with van der Waals surface area (Å²) in [6, 6.07) is 7.85. The molecule has 20 heavy (non-hydrogen) atoms. The molecule has 0 spiro atoms. The third-order valence-corrected chi connectivity index (χ3v) is 3.69. The third-order valence-electron chi connectivity index (χ3n) is 3.69. The van der Waals surface area contributed by atoms with Gasteiger partial charge in [-0.15, -0.1) is 0 Å². The Hall–Kier alpha value is -1.52. The van der Waals surface area contributed by atoms with Crippen molar-refractivity contribution in [2.75, 3.05) is 13.2 Å². The summed E-state index contributed by atoms with van der Waals surface area (Å²) in [5.74, 6) is 0.803. The van der Waals surface area contributed by atoms with Crippen LogP contribution >= 0.6 is 0 Å². The van der Waals surface area contributed by atoms with Gasteiger partial charge in [-0.3, -0.25) is 0 Å². The summed E-state index contributed by atoms with van der Waals surface area (Å²) in [4.78, 5) is 3.15. The first-order valence-corrected chi connectivity index (χ1v) is 7.14. The van der Waals surface area contributed by atoms with Crippen molar-refractivity contribution in [3.8, 4) is 5.75 Å². The first-order chi connectivity index (χ1) is 9.52. The highest BCUT2D eigenvalue weighted by Gasteiger charge is 2.16. The van der Waals surface area contributed by atoms with Crippen LogP contribution < -0.4 is 10.1 Å². The molecule has 1 aromatic heterocycles. The molecule has 0 aliphatic rings. The zero-order chi connectivity index (χ0) is 14.6. The van der Waals surface area contributed by atoms with Crippen LogP contribution in [0, 0.1) is 0 Å². The monoisotopic (exact) mass is 276 g/mol. The second-order valence-electron chi connectivity index (χ2n) is 5.78. The Kier molecular flexibility index (Phi) is 4.68. The molecule has 2 rings (SSSR count). The minimum Gasteiger partial charge on any atom is -0.490 e. The zero-order valence-electron chi connectivity index (χ0n) is 12.4. The van der Waals surface area contributed by atoms with E-state index in [4.69, 9.17) is 4.74 Å². The second kappa shape index (κ2) is 6.29. The highest BCUT2D eigenvalue weighted by Crippen LogP contribution is 2.24. The second-order valence-corrected chi connectivity index (χ2v) is 5.78. The van der Waals surface area contributed by atoms with Crippen molar-refractivity contribution < 1.29 is 9.84 Å². The van der Waals surface area contributed by atoms with Gasteiger partial charge in [0, 0.05) is 29.2 Å². The van der Waals surface area contributed by atoms with E-state index in [2.05, 4.69) is 31.1 Å². The minimum atomic E-state index is -0.518. The Labute approximate surface area is 120 Å². The van der Waals surface area contributed by atoms with Crippen LogP contribution in [-0.2, 0) is 0 Å². The van der Waals surface area contributed by atoms with Crippen LogP contribution in [0.5, 0.6) is 5.75 Å². The SMILES string of the molecule is CCC(C)(C)NCC(O)COc1cccc2[nH]ccc12. The number of benzene rings is 1. The van der Waals surface area contributed by atoms with Gasteiger partial charge in [-0.1, -0.05) is 13.0 Å². The molecule has 110 valence electrons. The topological polar surface area (TPSA) is 57.3 Å². The first-order valence-electron chi connectivity index (χ1n) is 7.14. The molecule has 3 N–H and O–H groups in total. The van der Waals surface area contributed by atoms with Crippen LogP contribution in [0.15, 0.2) is 30.5 Å². The van der Waals surface area contributed by atoms with E-state index >= 15 is 0 Å². The van der Waals surface area contributed by atoms with Crippen LogP contribution in [0.3, 0.4) is 0 Å². The van der Waals surface area contributed by atoms with E-state index < -0.39 is 6.10 Å². The summed E-state index contributed by atoms with van der Waals surface area (Å²) in [7, 11) is 0. The molecule has 0 aliphatic heterocycles. The van der Waals surface area contributed by atoms with Gasteiger partial charge in [0.15, 0.2) is 0 Å². The maximum atomic E-state index is 10.00. The molecule has 1 aromatic carbocycles. The molecule has 0 aliphatic carbocycles. The number of β-amino-alcohol motifs (C(OH)–C–C–N with tert-alkyl or cyclic N) is 1. The Morgan fingerprint density at radius 2 is 2.15 bits per heavy atom. The van der Waals surface area contributed by atoms with Gasteiger partial charge in [-0.2, -0.15) is 0 Å². The van der Waals surface area contributed by atoms with E-state index in [0.29, 0.717) is 6.54 Å². The lowest BCUT2D eigenvalue weighted by atomic mass is 10.0.